The number of carbonyl (C=O) groups is 1. The van der Waals surface area contributed by atoms with E-state index in [1.807, 2.05) is 40.8 Å². The first-order chi connectivity index (χ1) is 10.9. The van der Waals surface area contributed by atoms with Gasteiger partial charge in [0.05, 0.1) is 11.8 Å². The fourth-order valence-corrected chi connectivity index (χ4v) is 2.43. The van der Waals surface area contributed by atoms with Crippen LogP contribution in [-0.4, -0.2) is 22.7 Å². The molecule has 0 saturated carbocycles. The van der Waals surface area contributed by atoms with Crippen molar-refractivity contribution in [3.05, 3.63) is 52.8 Å². The molecule has 122 valence electrons. The van der Waals surface area contributed by atoms with E-state index >= 15 is 0 Å². The summed E-state index contributed by atoms with van der Waals surface area (Å²) in [5.41, 5.74) is 7.08. The quantitative estimate of drug-likeness (QED) is 0.654. The predicted molar refractivity (Wildman–Crippen MR) is 92.1 cm³/mol. The van der Waals surface area contributed by atoms with Gasteiger partial charge in [0.15, 0.2) is 0 Å². The van der Waals surface area contributed by atoms with Gasteiger partial charge in [0, 0.05) is 23.0 Å². The minimum Gasteiger partial charge on any atom is -0.491 e. The first-order valence-electron chi connectivity index (χ1n) is 7.64. The maximum absolute atomic E-state index is 12.2. The Morgan fingerprint density at radius 3 is 2.39 bits per heavy atom. The van der Waals surface area contributed by atoms with Crippen LogP contribution in [0, 0.1) is 13.8 Å². The van der Waals surface area contributed by atoms with E-state index in [0.29, 0.717) is 5.56 Å². The molecule has 0 bridgehead atoms. The van der Waals surface area contributed by atoms with Crippen molar-refractivity contribution in [1.29, 1.82) is 0 Å². The predicted octanol–water partition coefficient (Wildman–Crippen LogP) is 3.57. The number of H-pyrrole nitrogens is 1. The topological polar surface area (TPSA) is 66.5 Å². The van der Waals surface area contributed by atoms with Gasteiger partial charge in [0.25, 0.3) is 5.91 Å². The molecule has 0 radical (unpaired) electrons. The molecule has 2 N–H and O–H groups in total. The number of carbonyl (C=O) groups excluding carboxylic acids is 1. The molecule has 5 heteroatoms. The first kappa shape index (κ1) is 16.8. The van der Waals surface area contributed by atoms with Crippen molar-refractivity contribution >= 4 is 11.6 Å². The largest absolute Gasteiger partial charge is 0.491 e. The Labute approximate surface area is 136 Å². The Hall–Kier alpha value is -2.56. The molecule has 0 fully saturated rings. The minimum atomic E-state index is -0.244. The van der Waals surface area contributed by atoms with E-state index < -0.39 is 0 Å². The highest BCUT2D eigenvalue weighted by atomic mass is 16.5. The summed E-state index contributed by atoms with van der Waals surface area (Å²) in [6.07, 6.45) is 2.04. The molecule has 0 aliphatic heterocycles. The number of nitrogens with zero attached hydrogens (tertiary/aromatic N) is 1. The summed E-state index contributed by atoms with van der Waals surface area (Å²) in [4.78, 5) is 15.3. The smallest absolute Gasteiger partial charge is 0.271 e. The van der Waals surface area contributed by atoms with Gasteiger partial charge in [-0.3, -0.25) is 4.79 Å². The number of amides is 1. The van der Waals surface area contributed by atoms with Crippen molar-refractivity contribution in [2.75, 3.05) is 0 Å². The number of nitrogens with one attached hydrogen (secondary N) is 2. The van der Waals surface area contributed by atoms with Crippen LogP contribution in [0.1, 0.15) is 48.0 Å². The third-order valence-corrected chi connectivity index (χ3v) is 3.45. The lowest BCUT2D eigenvalue weighted by atomic mass is 10.1. The van der Waals surface area contributed by atoms with E-state index in [0.717, 1.165) is 28.3 Å². The molecule has 1 heterocycles. The van der Waals surface area contributed by atoms with Gasteiger partial charge >= 0.3 is 0 Å². The second-order valence-electron chi connectivity index (χ2n) is 5.80. The van der Waals surface area contributed by atoms with Crippen molar-refractivity contribution in [2.45, 2.75) is 40.7 Å². The summed E-state index contributed by atoms with van der Waals surface area (Å²) in [5, 5.41) is 4.20. The number of ether oxygens (including phenoxy) is 1. The molecule has 1 aromatic carbocycles. The molecule has 0 atom stereocenters. The van der Waals surface area contributed by atoms with Crippen molar-refractivity contribution in [2.24, 2.45) is 5.10 Å². The number of rotatable bonds is 5. The third-order valence-electron chi connectivity index (χ3n) is 3.45. The SMILES string of the molecule is C/C(=N\NC(=O)c1ccc(OC(C)C)cc1)c1c(C)c[nH]c1C. The van der Waals surface area contributed by atoms with E-state index in [4.69, 9.17) is 4.74 Å². The van der Waals surface area contributed by atoms with Gasteiger partial charge in [0.1, 0.15) is 5.75 Å². The van der Waals surface area contributed by atoms with Gasteiger partial charge in [-0.1, -0.05) is 0 Å². The van der Waals surface area contributed by atoms with E-state index in [9.17, 15) is 4.79 Å². The molecule has 5 nitrogen and oxygen atoms in total. The summed E-state index contributed by atoms with van der Waals surface area (Å²) in [6, 6.07) is 7.02. The maximum Gasteiger partial charge on any atom is 0.271 e. The Balaban J connectivity index is 2.06. The molecular weight excluding hydrogens is 290 g/mol. The van der Waals surface area contributed by atoms with E-state index in [-0.39, 0.29) is 12.0 Å². The van der Waals surface area contributed by atoms with Crippen LogP contribution in [0.2, 0.25) is 0 Å². The molecule has 0 unspecified atom stereocenters. The molecule has 0 spiro atoms. The van der Waals surface area contributed by atoms with Crippen LogP contribution in [-0.2, 0) is 0 Å². The summed E-state index contributed by atoms with van der Waals surface area (Å²) < 4.78 is 5.56. The first-order valence-corrected chi connectivity index (χ1v) is 7.64. The fourth-order valence-electron chi connectivity index (χ4n) is 2.43. The lowest BCUT2D eigenvalue weighted by Crippen LogP contribution is -2.19. The molecule has 2 aromatic rings. The van der Waals surface area contributed by atoms with Crippen molar-refractivity contribution in [3.63, 3.8) is 0 Å². The zero-order valence-corrected chi connectivity index (χ0v) is 14.2. The van der Waals surface area contributed by atoms with Crippen LogP contribution in [0.25, 0.3) is 0 Å². The van der Waals surface area contributed by atoms with Crippen LogP contribution < -0.4 is 10.2 Å². The second kappa shape index (κ2) is 7.13. The molecule has 0 aliphatic carbocycles. The lowest BCUT2D eigenvalue weighted by molar-refractivity contribution is 0.0955. The zero-order chi connectivity index (χ0) is 17.0. The molecule has 1 aromatic heterocycles. The number of aromatic amines is 1. The Kier molecular flexibility index (Phi) is 5.21. The second-order valence-corrected chi connectivity index (χ2v) is 5.80. The van der Waals surface area contributed by atoms with Gasteiger partial charge in [-0.05, 0) is 64.4 Å². The van der Waals surface area contributed by atoms with Crippen LogP contribution in [0.5, 0.6) is 5.75 Å². The average Bonchev–Trinajstić information content (AvgIpc) is 2.84. The molecule has 23 heavy (non-hydrogen) atoms. The monoisotopic (exact) mass is 313 g/mol. The Morgan fingerprint density at radius 2 is 1.87 bits per heavy atom. The summed E-state index contributed by atoms with van der Waals surface area (Å²) >= 11 is 0. The molecule has 1 amide bonds. The van der Waals surface area contributed by atoms with E-state index in [1.165, 1.54) is 0 Å². The van der Waals surface area contributed by atoms with Crippen LogP contribution >= 0.6 is 0 Å². The number of aromatic nitrogens is 1. The molecule has 0 aliphatic rings. The lowest BCUT2D eigenvalue weighted by Gasteiger charge is -2.09. The Morgan fingerprint density at radius 1 is 1.22 bits per heavy atom. The van der Waals surface area contributed by atoms with Crippen molar-refractivity contribution < 1.29 is 9.53 Å². The average molecular weight is 313 g/mol. The van der Waals surface area contributed by atoms with Crippen molar-refractivity contribution in [1.82, 2.24) is 10.4 Å². The van der Waals surface area contributed by atoms with Gasteiger partial charge < -0.3 is 9.72 Å². The Bertz CT molecular complexity index is 693. The highest BCUT2D eigenvalue weighted by molar-refractivity contribution is 6.02. The molecular formula is C18H23N3O2. The zero-order valence-electron chi connectivity index (χ0n) is 14.2. The molecule has 2 rings (SSSR count). The van der Waals surface area contributed by atoms with Gasteiger partial charge in [-0.2, -0.15) is 5.10 Å². The third kappa shape index (κ3) is 4.22. The van der Waals surface area contributed by atoms with Gasteiger partial charge in [-0.15, -0.1) is 0 Å². The molecule has 0 saturated heterocycles. The maximum atomic E-state index is 12.2. The normalized spacial score (nSPS) is 11.7. The van der Waals surface area contributed by atoms with Gasteiger partial charge in [-0.25, -0.2) is 5.43 Å². The minimum absolute atomic E-state index is 0.106. The van der Waals surface area contributed by atoms with Crippen LogP contribution in [0.15, 0.2) is 35.6 Å². The van der Waals surface area contributed by atoms with E-state index in [1.54, 1.807) is 24.3 Å². The fraction of sp³-hybridized carbons (Fsp3) is 0.333. The standard InChI is InChI=1S/C18H23N3O2/c1-11(2)23-16-8-6-15(7-9-16)18(22)21-20-14(5)17-12(3)10-19-13(17)4/h6-11,19H,1-5H3,(H,21,22)/b20-14+. The highest BCUT2D eigenvalue weighted by Crippen LogP contribution is 2.15. The summed E-state index contributed by atoms with van der Waals surface area (Å²) in [6.45, 7) is 9.79. The number of hydrogen-bond acceptors (Lipinski definition) is 3. The van der Waals surface area contributed by atoms with Crippen LogP contribution in [0.3, 0.4) is 0 Å². The van der Waals surface area contributed by atoms with Crippen LogP contribution in [0.4, 0.5) is 0 Å². The van der Waals surface area contributed by atoms with E-state index in [2.05, 4.69) is 15.5 Å². The highest BCUT2D eigenvalue weighted by Gasteiger charge is 2.09. The number of aryl methyl sites for hydroxylation is 2. The van der Waals surface area contributed by atoms with Crippen molar-refractivity contribution in [3.8, 4) is 5.75 Å². The number of hydrazone groups is 1. The number of hydrogen-bond donors (Lipinski definition) is 2. The summed E-state index contributed by atoms with van der Waals surface area (Å²) in [7, 11) is 0. The number of benzene rings is 1. The van der Waals surface area contributed by atoms with Gasteiger partial charge in [0.2, 0.25) is 0 Å². The summed E-state index contributed by atoms with van der Waals surface area (Å²) in [5.74, 6) is 0.501.